The van der Waals surface area contributed by atoms with Gasteiger partial charge in [-0.1, -0.05) is 38.0 Å². The zero-order chi connectivity index (χ0) is 27.8. The first kappa shape index (κ1) is 11.8. The third-order valence-electron chi connectivity index (χ3n) is 5.59. The zero-order valence-electron chi connectivity index (χ0n) is 25.1. The van der Waals surface area contributed by atoms with Crippen molar-refractivity contribution in [2.75, 3.05) is 0 Å². The fourth-order valence-corrected chi connectivity index (χ4v) is 4.12. The first-order valence-corrected chi connectivity index (χ1v) is 9.32. The summed E-state index contributed by atoms with van der Waals surface area (Å²) >= 11 is 0. The molecule has 4 rings (SSSR count). The van der Waals surface area contributed by atoms with Gasteiger partial charge >= 0.3 is 0 Å². The molecule has 0 aliphatic rings. The van der Waals surface area contributed by atoms with Crippen LogP contribution >= 0.6 is 0 Å². The third-order valence-corrected chi connectivity index (χ3v) is 5.59. The molecule has 1 unspecified atom stereocenters. The second-order valence-electron chi connectivity index (χ2n) is 7.43. The number of nitrogens with zero attached hydrogens (tertiary/aromatic N) is 2. The summed E-state index contributed by atoms with van der Waals surface area (Å²) < 4.78 is 73.5. The number of hydrogen-bond acceptors (Lipinski definition) is 1. The topological polar surface area (TPSA) is 21.4 Å². The first-order chi connectivity index (χ1) is 16.9. The zero-order valence-corrected chi connectivity index (χ0v) is 17.1. The lowest BCUT2D eigenvalue weighted by molar-refractivity contribution is -0.667. The van der Waals surface area contributed by atoms with Gasteiger partial charge in [-0.25, -0.2) is 4.85 Å². The summed E-state index contributed by atoms with van der Waals surface area (Å²) in [5.74, 6) is -1.94. The lowest BCUT2D eigenvalue weighted by Crippen LogP contribution is -2.37. The van der Waals surface area contributed by atoms with Gasteiger partial charge in [0.05, 0.1) is 13.5 Å². The average Bonchev–Trinajstić information content (AvgIpc) is 3.16. The van der Waals surface area contributed by atoms with E-state index in [0.717, 1.165) is 5.56 Å². The van der Waals surface area contributed by atoms with Crippen LogP contribution < -0.4 is 4.57 Å². The number of pyridine rings is 1. The van der Waals surface area contributed by atoms with Gasteiger partial charge in [0.15, 0.2) is 5.69 Å². The van der Waals surface area contributed by atoms with Gasteiger partial charge in [-0.15, -0.1) is 0 Å². The second kappa shape index (κ2) is 6.74. The van der Waals surface area contributed by atoms with Crippen LogP contribution in [0.15, 0.2) is 34.7 Å². The molecule has 3 heteroatoms. The molecule has 0 fully saturated rings. The minimum Gasteiger partial charge on any atom is -0.466 e. The molecular formula is C26H27N2O+. The lowest BCUT2D eigenvalue weighted by Gasteiger charge is -2.15. The molecule has 3 nitrogen and oxygen atoms in total. The van der Waals surface area contributed by atoms with Gasteiger partial charge in [0, 0.05) is 38.9 Å². The Labute approximate surface area is 183 Å². The van der Waals surface area contributed by atoms with Crippen LogP contribution in [0, 0.1) is 34.2 Å². The Kier molecular flexibility index (Phi) is 2.74. The van der Waals surface area contributed by atoms with Crippen LogP contribution in [-0.4, -0.2) is 0 Å². The van der Waals surface area contributed by atoms with Crippen LogP contribution in [0.5, 0.6) is 0 Å². The van der Waals surface area contributed by atoms with Crippen LogP contribution in [-0.2, 0) is 7.05 Å². The van der Waals surface area contributed by atoms with E-state index < -0.39 is 19.6 Å². The van der Waals surface area contributed by atoms with E-state index in [1.165, 1.54) is 19.1 Å². The fourth-order valence-electron chi connectivity index (χ4n) is 4.12. The number of aryl methyl sites for hydroxylation is 2. The van der Waals surface area contributed by atoms with Crippen LogP contribution in [0.3, 0.4) is 0 Å². The molecule has 0 radical (unpaired) electrons. The molecule has 0 aliphatic carbocycles. The molecule has 0 saturated carbocycles. The summed E-state index contributed by atoms with van der Waals surface area (Å²) in [6, 6.07) is 6.49. The monoisotopic (exact) mass is 391 g/mol. The van der Waals surface area contributed by atoms with E-state index in [-0.39, 0.29) is 28.4 Å². The van der Waals surface area contributed by atoms with Crippen LogP contribution in [0.4, 0.5) is 5.69 Å². The molecule has 1 atom stereocenters. The summed E-state index contributed by atoms with van der Waals surface area (Å²) in [6.45, 7) is 9.07. The Morgan fingerprint density at radius 2 is 1.90 bits per heavy atom. The summed E-state index contributed by atoms with van der Waals surface area (Å²) in [4.78, 5) is 3.52. The summed E-state index contributed by atoms with van der Waals surface area (Å²) in [5, 5.41) is 0.851. The second-order valence-corrected chi connectivity index (χ2v) is 7.43. The predicted octanol–water partition coefficient (Wildman–Crippen LogP) is 6.99. The van der Waals surface area contributed by atoms with Gasteiger partial charge in [0.2, 0.25) is 11.4 Å². The number of aromatic nitrogens is 1. The minimum absolute atomic E-state index is 0.0447. The Bertz CT molecular complexity index is 1610. The molecule has 0 N–H and O–H groups in total. The molecule has 146 valence electrons. The molecule has 0 aliphatic heterocycles. The number of hydrogen-bond donors (Lipinski definition) is 0. The molecule has 2 aromatic heterocycles. The van der Waals surface area contributed by atoms with E-state index in [0.29, 0.717) is 38.9 Å². The van der Waals surface area contributed by atoms with E-state index >= 15 is 0 Å². The molecule has 0 spiro atoms. The van der Waals surface area contributed by atoms with Gasteiger partial charge in [-0.3, -0.25) is 0 Å². The standard InChI is InChI=1S/C26H27N2O/c1-14(2)22-17(5)13-21(28(8)18(22)6)24-16(4)9-11-19-23-15(3)10-12-20(27-7)26(23)29-25(19)24/h9-14H,1-6,8H3/q+1/i1D3,3D3,13D,14D. The SMILES string of the molecule is [2H]c1c(C)c(C([2H])(C)C([2H])([2H])[2H])c(C)[n+](C)c1-c1c(C)ccc2c1oc1c([N+]#[C-])ccc(C([2H])([2H])[2H])c12. The molecule has 0 saturated heterocycles. The Morgan fingerprint density at radius 1 is 1.14 bits per heavy atom. The molecule has 0 amide bonds. The van der Waals surface area contributed by atoms with Crippen molar-refractivity contribution in [3.05, 3.63) is 69.7 Å². The molecule has 2 aromatic carbocycles. The third kappa shape index (κ3) is 2.75. The van der Waals surface area contributed by atoms with Crippen LogP contribution in [0.2, 0.25) is 0 Å². The van der Waals surface area contributed by atoms with Gasteiger partial charge in [0.25, 0.3) is 0 Å². The maximum atomic E-state index is 9.05. The number of fused-ring (bicyclic) bond motifs is 3. The van der Waals surface area contributed by atoms with Crippen molar-refractivity contribution in [1.82, 2.24) is 0 Å². The number of furan rings is 1. The van der Waals surface area contributed by atoms with Gasteiger partial charge < -0.3 is 4.42 Å². The largest absolute Gasteiger partial charge is 0.466 e. The van der Waals surface area contributed by atoms with Crippen molar-refractivity contribution in [2.45, 2.75) is 47.3 Å². The number of rotatable bonds is 2. The average molecular weight is 392 g/mol. The highest BCUT2D eigenvalue weighted by atomic mass is 16.3. The Hall–Kier alpha value is -3.12. The van der Waals surface area contributed by atoms with E-state index in [9.17, 15) is 0 Å². The van der Waals surface area contributed by atoms with Gasteiger partial charge in [0.1, 0.15) is 18.2 Å². The lowest BCUT2D eigenvalue weighted by atomic mass is 9.93. The van der Waals surface area contributed by atoms with Crippen molar-refractivity contribution in [2.24, 2.45) is 7.05 Å². The highest BCUT2D eigenvalue weighted by Crippen LogP contribution is 2.42. The van der Waals surface area contributed by atoms with Crippen molar-refractivity contribution in [3.63, 3.8) is 0 Å². The molecule has 4 aromatic rings. The smallest absolute Gasteiger partial charge is 0.229 e. The van der Waals surface area contributed by atoms with Crippen LogP contribution in [0.25, 0.3) is 38.0 Å². The maximum Gasteiger partial charge on any atom is 0.229 e. The first-order valence-electron chi connectivity index (χ1n) is 13.3. The summed E-state index contributed by atoms with van der Waals surface area (Å²) in [7, 11) is 1.71. The van der Waals surface area contributed by atoms with Gasteiger partial charge in [-0.05, 0) is 43.3 Å². The Morgan fingerprint density at radius 3 is 2.59 bits per heavy atom. The van der Waals surface area contributed by atoms with E-state index in [1.54, 1.807) is 31.5 Å². The highest BCUT2D eigenvalue weighted by Gasteiger charge is 2.26. The van der Waals surface area contributed by atoms with Gasteiger partial charge in [-0.2, -0.15) is 4.57 Å². The fraction of sp³-hybridized carbons (Fsp3) is 0.308. The highest BCUT2D eigenvalue weighted by molar-refractivity contribution is 6.14. The Balaban J connectivity index is 2.19. The molecule has 0 bridgehead atoms. The minimum atomic E-state index is -2.61. The van der Waals surface area contributed by atoms with E-state index in [1.807, 2.05) is 13.0 Å². The summed E-state index contributed by atoms with van der Waals surface area (Å²) in [5.41, 5.74) is 3.68. The van der Waals surface area contributed by atoms with Crippen molar-refractivity contribution < 1.29 is 20.0 Å². The number of benzene rings is 2. The maximum absolute atomic E-state index is 9.05. The molecule has 29 heavy (non-hydrogen) atoms. The van der Waals surface area contributed by atoms with E-state index in [4.69, 9.17) is 22.0 Å². The normalized spacial score (nSPS) is 18.5. The van der Waals surface area contributed by atoms with Crippen molar-refractivity contribution >= 4 is 27.6 Å². The van der Waals surface area contributed by atoms with Crippen molar-refractivity contribution in [3.8, 4) is 11.3 Å². The van der Waals surface area contributed by atoms with E-state index in [2.05, 4.69) is 4.85 Å². The summed E-state index contributed by atoms with van der Waals surface area (Å²) in [6.07, 6.45) is 0. The predicted molar refractivity (Wildman–Crippen MR) is 120 cm³/mol. The quantitative estimate of drug-likeness (QED) is 0.267. The van der Waals surface area contributed by atoms with Crippen LogP contribution in [0.1, 0.15) is 58.6 Å². The molecular weight excluding hydrogens is 356 g/mol. The van der Waals surface area contributed by atoms with Crippen molar-refractivity contribution in [1.29, 1.82) is 0 Å². The molecule has 2 heterocycles.